The first-order chi connectivity index (χ1) is 11.6. The molecule has 1 saturated heterocycles. The maximum atomic E-state index is 15.0. The average Bonchev–Trinajstić information content (AvgIpc) is 2.60. The molecule has 1 aliphatic rings. The highest BCUT2D eigenvalue weighted by molar-refractivity contribution is 5.16. The zero-order valence-electron chi connectivity index (χ0n) is 14.1. The van der Waals surface area contributed by atoms with Crippen LogP contribution in [0.1, 0.15) is 36.8 Å². The standard InChI is InChI=1S/C21H25F2N/c22-20-10-8-18(9-11-20)7-4-12-21(23)13-15-24(16-14-21)17-19-5-2-1-3-6-19/h1-3,5-6,8-11H,4,7,12-17H2. The molecule has 3 heteroatoms. The fraction of sp³-hybridized carbons (Fsp3) is 0.429. The molecule has 0 N–H and O–H groups in total. The Labute approximate surface area is 143 Å². The molecule has 1 heterocycles. The molecule has 0 aromatic heterocycles. The molecule has 0 aliphatic carbocycles. The molecule has 0 saturated carbocycles. The molecule has 0 atom stereocenters. The van der Waals surface area contributed by atoms with E-state index in [1.807, 2.05) is 18.2 Å². The van der Waals surface area contributed by atoms with Crippen LogP contribution < -0.4 is 0 Å². The van der Waals surface area contributed by atoms with Gasteiger partial charge in [-0.1, -0.05) is 42.5 Å². The summed E-state index contributed by atoms with van der Waals surface area (Å²) in [6, 6.07) is 16.9. The van der Waals surface area contributed by atoms with Crippen LogP contribution in [0.3, 0.4) is 0 Å². The minimum Gasteiger partial charge on any atom is -0.299 e. The Bertz CT molecular complexity index is 616. The Morgan fingerprint density at radius 2 is 1.54 bits per heavy atom. The highest BCUT2D eigenvalue weighted by Crippen LogP contribution is 2.32. The van der Waals surface area contributed by atoms with Crippen LogP contribution in [0.2, 0.25) is 0 Å². The number of aryl methyl sites for hydroxylation is 1. The highest BCUT2D eigenvalue weighted by atomic mass is 19.1. The van der Waals surface area contributed by atoms with Gasteiger partial charge in [-0.2, -0.15) is 0 Å². The first-order valence-corrected chi connectivity index (χ1v) is 8.83. The first kappa shape index (κ1) is 17.1. The number of benzene rings is 2. The molecule has 1 nitrogen and oxygen atoms in total. The topological polar surface area (TPSA) is 3.24 Å². The normalized spacial score (nSPS) is 17.8. The van der Waals surface area contributed by atoms with Gasteiger partial charge in [0.15, 0.2) is 0 Å². The van der Waals surface area contributed by atoms with Crippen molar-refractivity contribution in [1.82, 2.24) is 4.90 Å². The van der Waals surface area contributed by atoms with E-state index < -0.39 is 5.67 Å². The third-order valence-electron chi connectivity index (χ3n) is 5.00. The highest BCUT2D eigenvalue weighted by Gasteiger charge is 2.33. The van der Waals surface area contributed by atoms with Gasteiger partial charge in [0.1, 0.15) is 11.5 Å². The summed E-state index contributed by atoms with van der Waals surface area (Å²) in [5, 5.41) is 0. The van der Waals surface area contributed by atoms with Gasteiger partial charge >= 0.3 is 0 Å². The molecule has 2 aromatic rings. The summed E-state index contributed by atoms with van der Waals surface area (Å²) >= 11 is 0. The summed E-state index contributed by atoms with van der Waals surface area (Å²) in [5.74, 6) is -0.216. The zero-order valence-corrected chi connectivity index (χ0v) is 14.1. The Morgan fingerprint density at radius 3 is 2.21 bits per heavy atom. The number of rotatable bonds is 6. The minimum absolute atomic E-state index is 0.216. The van der Waals surface area contributed by atoms with Gasteiger partial charge in [0, 0.05) is 19.6 Å². The van der Waals surface area contributed by atoms with Crippen molar-refractivity contribution in [2.24, 2.45) is 0 Å². The number of nitrogens with zero attached hydrogens (tertiary/aromatic N) is 1. The van der Waals surface area contributed by atoms with E-state index in [1.54, 1.807) is 12.1 Å². The zero-order chi connectivity index (χ0) is 16.8. The lowest BCUT2D eigenvalue weighted by Gasteiger charge is -2.36. The minimum atomic E-state index is -1.03. The summed E-state index contributed by atoms with van der Waals surface area (Å²) in [7, 11) is 0. The number of likely N-dealkylation sites (tertiary alicyclic amines) is 1. The van der Waals surface area contributed by atoms with Crippen molar-refractivity contribution in [3.05, 3.63) is 71.5 Å². The summed E-state index contributed by atoms with van der Waals surface area (Å²) in [6.45, 7) is 2.55. The van der Waals surface area contributed by atoms with Crippen molar-refractivity contribution < 1.29 is 8.78 Å². The van der Waals surface area contributed by atoms with Gasteiger partial charge in [-0.25, -0.2) is 8.78 Å². The lowest BCUT2D eigenvalue weighted by atomic mass is 9.87. The van der Waals surface area contributed by atoms with E-state index in [9.17, 15) is 8.78 Å². The Hall–Kier alpha value is -1.74. The molecule has 0 radical (unpaired) electrons. The van der Waals surface area contributed by atoms with Crippen LogP contribution in [0.4, 0.5) is 8.78 Å². The van der Waals surface area contributed by atoms with Crippen LogP contribution in [0, 0.1) is 5.82 Å². The van der Waals surface area contributed by atoms with E-state index in [0.29, 0.717) is 19.3 Å². The number of hydrogen-bond donors (Lipinski definition) is 0. The van der Waals surface area contributed by atoms with Gasteiger partial charge in [-0.3, -0.25) is 4.90 Å². The van der Waals surface area contributed by atoms with Crippen LogP contribution >= 0.6 is 0 Å². The second-order valence-electron chi connectivity index (χ2n) is 6.89. The molecule has 128 valence electrons. The van der Waals surface area contributed by atoms with E-state index >= 15 is 0 Å². The van der Waals surface area contributed by atoms with Gasteiger partial charge in [-0.05, 0) is 55.4 Å². The molecule has 1 aliphatic heterocycles. The smallest absolute Gasteiger partial charge is 0.123 e. The van der Waals surface area contributed by atoms with Crippen LogP contribution in [0.5, 0.6) is 0 Å². The van der Waals surface area contributed by atoms with E-state index in [0.717, 1.165) is 38.0 Å². The summed E-state index contributed by atoms with van der Waals surface area (Å²) in [5.41, 5.74) is 1.34. The molecule has 1 fully saturated rings. The van der Waals surface area contributed by atoms with Crippen molar-refractivity contribution in [2.45, 2.75) is 44.3 Å². The predicted molar refractivity (Wildman–Crippen MR) is 94.1 cm³/mol. The molecule has 3 rings (SSSR count). The average molecular weight is 329 g/mol. The van der Waals surface area contributed by atoms with Gasteiger partial charge < -0.3 is 0 Å². The molecule has 0 spiro atoms. The van der Waals surface area contributed by atoms with Crippen molar-refractivity contribution >= 4 is 0 Å². The molecule has 24 heavy (non-hydrogen) atoms. The molecule has 0 unspecified atom stereocenters. The number of halogens is 2. The monoisotopic (exact) mass is 329 g/mol. The summed E-state index contributed by atoms with van der Waals surface area (Å²) < 4.78 is 27.9. The molecular formula is C21H25F2N. The van der Waals surface area contributed by atoms with Crippen molar-refractivity contribution in [3.63, 3.8) is 0 Å². The van der Waals surface area contributed by atoms with Crippen LogP contribution in [0.15, 0.2) is 54.6 Å². The third kappa shape index (κ3) is 4.88. The first-order valence-electron chi connectivity index (χ1n) is 8.83. The van der Waals surface area contributed by atoms with Crippen LogP contribution in [-0.4, -0.2) is 23.7 Å². The largest absolute Gasteiger partial charge is 0.299 e. The van der Waals surface area contributed by atoms with Gasteiger partial charge in [0.25, 0.3) is 0 Å². The lowest BCUT2D eigenvalue weighted by Crippen LogP contribution is -2.41. The van der Waals surface area contributed by atoms with Crippen LogP contribution in [0.25, 0.3) is 0 Å². The van der Waals surface area contributed by atoms with E-state index in [-0.39, 0.29) is 5.82 Å². The quantitative estimate of drug-likeness (QED) is 0.708. The lowest BCUT2D eigenvalue weighted by molar-refractivity contribution is 0.0462. The van der Waals surface area contributed by atoms with Crippen molar-refractivity contribution in [3.8, 4) is 0 Å². The fourth-order valence-electron chi connectivity index (χ4n) is 3.46. The number of piperidine rings is 1. The van der Waals surface area contributed by atoms with Gasteiger partial charge in [0.05, 0.1) is 0 Å². The van der Waals surface area contributed by atoms with E-state index in [4.69, 9.17) is 0 Å². The molecule has 2 aromatic carbocycles. The number of alkyl halides is 1. The fourth-order valence-corrected chi connectivity index (χ4v) is 3.46. The maximum Gasteiger partial charge on any atom is 0.123 e. The predicted octanol–water partition coefficient (Wildman–Crippen LogP) is 5.15. The second-order valence-corrected chi connectivity index (χ2v) is 6.89. The Balaban J connectivity index is 1.42. The maximum absolute atomic E-state index is 15.0. The van der Waals surface area contributed by atoms with Gasteiger partial charge in [-0.15, -0.1) is 0 Å². The SMILES string of the molecule is Fc1ccc(CCCC2(F)CCN(Cc3ccccc3)CC2)cc1. The Morgan fingerprint density at radius 1 is 0.875 bits per heavy atom. The molecular weight excluding hydrogens is 304 g/mol. The van der Waals surface area contributed by atoms with Crippen molar-refractivity contribution in [1.29, 1.82) is 0 Å². The molecule has 0 bridgehead atoms. The number of hydrogen-bond acceptors (Lipinski definition) is 1. The summed E-state index contributed by atoms with van der Waals surface area (Å²) in [4.78, 5) is 2.34. The van der Waals surface area contributed by atoms with Crippen LogP contribution in [-0.2, 0) is 13.0 Å². The Kier molecular flexibility index (Phi) is 5.62. The van der Waals surface area contributed by atoms with E-state index in [1.165, 1.54) is 17.7 Å². The van der Waals surface area contributed by atoms with E-state index in [2.05, 4.69) is 17.0 Å². The molecule has 0 amide bonds. The summed E-state index contributed by atoms with van der Waals surface area (Å²) in [6.07, 6.45) is 3.47. The third-order valence-corrected chi connectivity index (χ3v) is 5.00. The second kappa shape index (κ2) is 7.89. The van der Waals surface area contributed by atoms with Crippen molar-refractivity contribution in [2.75, 3.05) is 13.1 Å². The van der Waals surface area contributed by atoms with Gasteiger partial charge in [0.2, 0.25) is 0 Å².